The van der Waals surface area contributed by atoms with E-state index in [2.05, 4.69) is 15.7 Å². The average molecular weight is 378 g/mol. The third kappa shape index (κ3) is 4.57. The van der Waals surface area contributed by atoms with E-state index in [1.807, 2.05) is 72.6 Å². The highest BCUT2D eigenvalue weighted by molar-refractivity contribution is 6.40. The van der Waals surface area contributed by atoms with Gasteiger partial charge in [0.15, 0.2) is 0 Å². The first-order valence-corrected chi connectivity index (χ1v) is 9.65. The smallest absolute Gasteiger partial charge is 0.268 e. The van der Waals surface area contributed by atoms with E-state index in [9.17, 15) is 9.59 Å². The van der Waals surface area contributed by atoms with Crippen molar-refractivity contribution in [1.29, 1.82) is 0 Å². The standard InChI is InChI=1S/C22H26N4O2/c1-3-14-23-21(27)16(2)24-22(28)19-15-20(17-10-6-4-7-11-17)26(25-19)18-12-8-5-9-13-18/h4-13,16,20H,3,14-15H2,1-2H3,(H,23,27)(H,24,28). The van der Waals surface area contributed by atoms with Gasteiger partial charge in [-0.1, -0.05) is 55.5 Å². The number of benzene rings is 2. The van der Waals surface area contributed by atoms with Gasteiger partial charge in [0.05, 0.1) is 11.7 Å². The molecule has 0 aromatic heterocycles. The average Bonchev–Trinajstić information content (AvgIpc) is 3.19. The predicted octanol–water partition coefficient (Wildman–Crippen LogP) is 3.02. The summed E-state index contributed by atoms with van der Waals surface area (Å²) in [6.45, 7) is 4.26. The lowest BCUT2D eigenvalue weighted by Gasteiger charge is -2.23. The molecule has 0 radical (unpaired) electrons. The maximum absolute atomic E-state index is 12.7. The van der Waals surface area contributed by atoms with Crippen LogP contribution in [-0.2, 0) is 9.59 Å². The normalized spacial score (nSPS) is 17.0. The van der Waals surface area contributed by atoms with Crippen LogP contribution in [0.15, 0.2) is 65.8 Å². The van der Waals surface area contributed by atoms with Crippen LogP contribution in [0, 0.1) is 0 Å². The summed E-state index contributed by atoms with van der Waals surface area (Å²) < 4.78 is 0. The van der Waals surface area contributed by atoms with Crippen LogP contribution in [0.5, 0.6) is 0 Å². The Labute approximate surface area is 165 Å². The fraction of sp³-hybridized carbons (Fsp3) is 0.318. The molecule has 1 aliphatic rings. The van der Waals surface area contributed by atoms with Crippen LogP contribution in [-0.4, -0.2) is 30.1 Å². The van der Waals surface area contributed by atoms with Crippen LogP contribution in [0.25, 0.3) is 0 Å². The van der Waals surface area contributed by atoms with Crippen LogP contribution in [0.4, 0.5) is 5.69 Å². The van der Waals surface area contributed by atoms with Gasteiger partial charge in [-0.3, -0.25) is 14.6 Å². The Kier molecular flexibility index (Phi) is 6.42. The van der Waals surface area contributed by atoms with Gasteiger partial charge >= 0.3 is 0 Å². The molecule has 0 spiro atoms. The van der Waals surface area contributed by atoms with Crippen molar-refractivity contribution in [2.75, 3.05) is 11.6 Å². The molecule has 2 unspecified atom stereocenters. The number of hydrogen-bond acceptors (Lipinski definition) is 4. The number of carbonyl (C=O) groups excluding carboxylic acids is 2. The molecule has 0 aliphatic carbocycles. The van der Waals surface area contributed by atoms with Crippen LogP contribution in [0.1, 0.15) is 38.3 Å². The molecule has 6 nitrogen and oxygen atoms in total. The fourth-order valence-electron chi connectivity index (χ4n) is 3.15. The summed E-state index contributed by atoms with van der Waals surface area (Å²) in [6, 6.07) is 19.1. The van der Waals surface area contributed by atoms with Crippen molar-refractivity contribution in [3.63, 3.8) is 0 Å². The Hall–Kier alpha value is -3.15. The molecule has 0 saturated heterocycles. The van der Waals surface area contributed by atoms with Gasteiger partial charge in [0.1, 0.15) is 11.8 Å². The van der Waals surface area contributed by atoms with Crippen LogP contribution >= 0.6 is 0 Å². The summed E-state index contributed by atoms with van der Waals surface area (Å²) in [7, 11) is 0. The summed E-state index contributed by atoms with van der Waals surface area (Å²) in [5, 5.41) is 12.0. The van der Waals surface area contributed by atoms with Gasteiger partial charge in [-0.15, -0.1) is 0 Å². The number of rotatable bonds is 7. The highest BCUT2D eigenvalue weighted by atomic mass is 16.2. The zero-order valence-corrected chi connectivity index (χ0v) is 16.3. The molecule has 2 aromatic carbocycles. The van der Waals surface area contributed by atoms with E-state index in [-0.39, 0.29) is 17.9 Å². The van der Waals surface area contributed by atoms with Gasteiger partial charge < -0.3 is 10.6 Å². The number of nitrogens with zero attached hydrogens (tertiary/aromatic N) is 2. The van der Waals surface area contributed by atoms with Gasteiger partial charge in [0, 0.05) is 13.0 Å². The summed E-state index contributed by atoms with van der Waals surface area (Å²) in [5.74, 6) is -0.494. The van der Waals surface area contributed by atoms with Crippen molar-refractivity contribution in [2.45, 2.75) is 38.8 Å². The van der Waals surface area contributed by atoms with E-state index in [1.54, 1.807) is 6.92 Å². The summed E-state index contributed by atoms with van der Waals surface area (Å²) in [6.07, 6.45) is 1.33. The van der Waals surface area contributed by atoms with E-state index in [0.29, 0.717) is 18.7 Å². The van der Waals surface area contributed by atoms with Crippen molar-refractivity contribution in [2.24, 2.45) is 5.10 Å². The van der Waals surface area contributed by atoms with Gasteiger partial charge in [-0.25, -0.2) is 0 Å². The maximum Gasteiger partial charge on any atom is 0.268 e. The van der Waals surface area contributed by atoms with Crippen molar-refractivity contribution in [3.05, 3.63) is 66.2 Å². The molecule has 2 aromatic rings. The Morgan fingerprint density at radius 2 is 1.75 bits per heavy atom. The van der Waals surface area contributed by atoms with Crippen molar-refractivity contribution < 1.29 is 9.59 Å². The highest BCUT2D eigenvalue weighted by Gasteiger charge is 2.33. The number of para-hydroxylation sites is 1. The van der Waals surface area contributed by atoms with Crippen LogP contribution in [0.2, 0.25) is 0 Å². The maximum atomic E-state index is 12.7. The molecule has 6 heteroatoms. The number of amides is 2. The molecule has 3 rings (SSSR count). The fourth-order valence-corrected chi connectivity index (χ4v) is 3.15. The van der Waals surface area contributed by atoms with E-state index >= 15 is 0 Å². The second-order valence-corrected chi connectivity index (χ2v) is 6.84. The molecule has 0 bridgehead atoms. The molecule has 146 valence electrons. The second kappa shape index (κ2) is 9.17. The Bertz CT molecular complexity index is 836. The summed E-state index contributed by atoms with van der Waals surface area (Å²) in [4.78, 5) is 24.8. The zero-order valence-electron chi connectivity index (χ0n) is 16.3. The predicted molar refractivity (Wildman–Crippen MR) is 111 cm³/mol. The van der Waals surface area contributed by atoms with Gasteiger partial charge in [0.2, 0.25) is 5.91 Å². The lowest BCUT2D eigenvalue weighted by atomic mass is 10.0. The quantitative estimate of drug-likeness (QED) is 0.778. The molecular formula is C22H26N4O2. The van der Waals surface area contributed by atoms with Crippen molar-refractivity contribution in [3.8, 4) is 0 Å². The minimum Gasteiger partial charge on any atom is -0.354 e. The minimum atomic E-state index is -0.609. The Balaban J connectivity index is 1.78. The number of hydrogen-bond donors (Lipinski definition) is 2. The third-order valence-electron chi connectivity index (χ3n) is 4.67. The molecule has 0 fully saturated rings. The number of carbonyl (C=O) groups is 2. The number of nitrogens with one attached hydrogen (secondary N) is 2. The number of anilines is 1. The van der Waals surface area contributed by atoms with Crippen molar-refractivity contribution in [1.82, 2.24) is 10.6 Å². The van der Waals surface area contributed by atoms with Crippen LogP contribution in [0.3, 0.4) is 0 Å². The lowest BCUT2D eigenvalue weighted by Crippen LogP contribution is -2.47. The largest absolute Gasteiger partial charge is 0.354 e. The topological polar surface area (TPSA) is 73.8 Å². The lowest BCUT2D eigenvalue weighted by molar-refractivity contribution is -0.126. The first kappa shape index (κ1) is 19.6. The first-order chi connectivity index (χ1) is 13.6. The van der Waals surface area contributed by atoms with E-state index in [0.717, 1.165) is 17.7 Å². The molecule has 28 heavy (non-hydrogen) atoms. The Morgan fingerprint density at radius 3 is 2.39 bits per heavy atom. The third-order valence-corrected chi connectivity index (χ3v) is 4.67. The molecule has 1 aliphatic heterocycles. The van der Waals surface area contributed by atoms with Crippen molar-refractivity contribution >= 4 is 23.2 Å². The molecule has 2 atom stereocenters. The van der Waals surface area contributed by atoms with E-state index < -0.39 is 6.04 Å². The SMILES string of the molecule is CCCNC(=O)C(C)NC(=O)C1=NN(c2ccccc2)C(c2ccccc2)C1. The zero-order chi connectivity index (χ0) is 19.9. The molecule has 0 saturated carbocycles. The number of hydrazone groups is 1. The van der Waals surface area contributed by atoms with E-state index in [1.165, 1.54) is 0 Å². The second-order valence-electron chi connectivity index (χ2n) is 6.84. The summed E-state index contributed by atoms with van der Waals surface area (Å²) >= 11 is 0. The van der Waals surface area contributed by atoms with Gasteiger partial charge in [0.25, 0.3) is 5.91 Å². The van der Waals surface area contributed by atoms with Gasteiger partial charge in [-0.05, 0) is 31.0 Å². The molecule has 2 amide bonds. The highest BCUT2D eigenvalue weighted by Crippen LogP contribution is 2.34. The summed E-state index contributed by atoms with van der Waals surface area (Å²) in [5.41, 5.74) is 2.44. The Morgan fingerprint density at radius 1 is 1.11 bits per heavy atom. The van der Waals surface area contributed by atoms with E-state index in [4.69, 9.17) is 0 Å². The first-order valence-electron chi connectivity index (χ1n) is 9.65. The molecule has 1 heterocycles. The van der Waals surface area contributed by atoms with Gasteiger partial charge in [-0.2, -0.15) is 5.10 Å². The minimum absolute atomic E-state index is 0.0615. The van der Waals surface area contributed by atoms with Crippen LogP contribution < -0.4 is 15.6 Å². The molecular weight excluding hydrogens is 352 g/mol. The monoisotopic (exact) mass is 378 g/mol. The molecule has 2 N–H and O–H groups in total.